The van der Waals surface area contributed by atoms with Gasteiger partial charge in [0.2, 0.25) is 0 Å². The quantitative estimate of drug-likeness (QED) is 0.166. The number of para-hydroxylation sites is 3. The van der Waals surface area contributed by atoms with Crippen LogP contribution in [0.4, 0.5) is 51.2 Å². The van der Waals surface area contributed by atoms with Crippen LogP contribution in [0.2, 0.25) is 6.55 Å². The molecule has 3 heterocycles. The van der Waals surface area contributed by atoms with Gasteiger partial charge in [-0.2, -0.15) is 0 Å². The second kappa shape index (κ2) is 11.1. The van der Waals surface area contributed by atoms with Crippen LogP contribution in [-0.2, 0) is 10.8 Å². The first kappa shape index (κ1) is 33.4. The monoisotopic (exact) mass is 773 g/mol. The minimum atomic E-state index is -2.87. The summed E-state index contributed by atoms with van der Waals surface area (Å²) in [7, 11) is -2.87. The number of hydrogen-bond donors (Lipinski definition) is 0. The maximum absolute atomic E-state index is 2.87. The largest absolute Gasteiger partial charge is 0.311 e. The van der Waals surface area contributed by atoms with Crippen molar-refractivity contribution >= 4 is 74.8 Å². The van der Waals surface area contributed by atoms with Crippen LogP contribution in [-0.4, -0.2) is 8.07 Å². The summed E-state index contributed by atoms with van der Waals surface area (Å²) < 4.78 is 0. The molecule has 0 N–H and O–H groups in total. The number of fused-ring (bicyclic) bond motifs is 8. The lowest BCUT2D eigenvalue weighted by Gasteiger charge is -2.56. The van der Waals surface area contributed by atoms with E-state index in [0.29, 0.717) is 0 Å². The van der Waals surface area contributed by atoms with E-state index >= 15 is 0 Å². The lowest BCUT2D eigenvalue weighted by Crippen LogP contribution is -2.74. The second-order valence-electron chi connectivity index (χ2n) is 18.2. The van der Waals surface area contributed by atoms with Gasteiger partial charge in [-0.15, -0.1) is 0 Å². The van der Waals surface area contributed by atoms with Crippen molar-refractivity contribution in [3.8, 4) is 22.3 Å². The number of nitrogens with zero attached hydrogens (tertiary/aromatic N) is 3. The number of anilines is 9. The van der Waals surface area contributed by atoms with Gasteiger partial charge in [0.15, 0.2) is 8.07 Å². The fourth-order valence-electron chi connectivity index (χ4n) is 12.3. The standard InChI is InChI=1S/C55H43N3Si/c1-54(2)41-28-17-15-26-37(41)39-32-45-52-49(47(39)54)58(36-24-13-8-14-25-36)50-48-40(38-27-16-18-29-42(38)55(48,3)4)33-46-53(50)59(52,5)51-43(56(45)34-20-9-6-10-21-34)30-19-31-44(51)57(46)35-22-11-7-12-23-35/h6-33H,1-5H3. The van der Waals surface area contributed by atoms with Crippen molar-refractivity contribution in [3.05, 3.63) is 192 Å². The lowest BCUT2D eigenvalue weighted by atomic mass is 9.79. The predicted molar refractivity (Wildman–Crippen MR) is 250 cm³/mol. The number of hydrogen-bond acceptors (Lipinski definition) is 3. The van der Waals surface area contributed by atoms with E-state index in [1.807, 2.05) is 0 Å². The molecule has 5 aliphatic rings. The van der Waals surface area contributed by atoms with Gasteiger partial charge in [0.1, 0.15) is 0 Å². The molecule has 0 saturated heterocycles. The van der Waals surface area contributed by atoms with Gasteiger partial charge < -0.3 is 14.7 Å². The van der Waals surface area contributed by atoms with E-state index < -0.39 is 8.07 Å². The van der Waals surface area contributed by atoms with E-state index in [2.05, 4.69) is 219 Å². The van der Waals surface area contributed by atoms with Gasteiger partial charge in [-0.05, 0) is 121 Å². The molecule has 0 fully saturated rings. The SMILES string of the molecule is CC1(C)c2ccccc2-c2cc3c4c(c21)N(c1ccccc1)c1c2c(cc5c1[Si]4(C)c1c(cccc1N5c1ccccc1)N3c1ccccc1)-c1ccccc1C2(C)C. The Bertz CT molecular complexity index is 2950. The molecule has 13 rings (SSSR count). The number of benzene rings is 8. The molecule has 0 atom stereocenters. The van der Waals surface area contributed by atoms with Crippen LogP contribution in [0, 0.1) is 0 Å². The van der Waals surface area contributed by atoms with Crippen molar-refractivity contribution in [1.29, 1.82) is 0 Å². The molecule has 4 heteroatoms. The molecule has 0 radical (unpaired) electrons. The first-order valence-corrected chi connectivity index (χ1v) is 23.5. The zero-order valence-corrected chi connectivity index (χ0v) is 35.0. The summed E-state index contributed by atoms with van der Waals surface area (Å²) in [6.45, 7) is 12.6. The Morgan fingerprint density at radius 2 is 0.729 bits per heavy atom. The molecule has 3 nitrogen and oxygen atoms in total. The number of rotatable bonds is 3. The van der Waals surface area contributed by atoms with Crippen molar-refractivity contribution in [2.24, 2.45) is 0 Å². The Morgan fingerprint density at radius 1 is 0.356 bits per heavy atom. The van der Waals surface area contributed by atoms with E-state index in [0.717, 1.165) is 0 Å². The summed E-state index contributed by atoms with van der Waals surface area (Å²) in [4.78, 5) is 7.98. The van der Waals surface area contributed by atoms with Crippen LogP contribution in [0.15, 0.2) is 170 Å². The Hall–Kier alpha value is -6.62. The van der Waals surface area contributed by atoms with Crippen molar-refractivity contribution < 1.29 is 0 Å². The second-order valence-corrected chi connectivity index (χ2v) is 22.0. The Balaban J connectivity index is 1.30. The summed E-state index contributed by atoms with van der Waals surface area (Å²) in [5.41, 5.74) is 22.1. The summed E-state index contributed by atoms with van der Waals surface area (Å²) in [6.07, 6.45) is 0. The van der Waals surface area contributed by atoms with Crippen molar-refractivity contribution in [2.45, 2.75) is 45.1 Å². The van der Waals surface area contributed by atoms with E-state index in [1.54, 1.807) is 0 Å². The highest BCUT2D eigenvalue weighted by molar-refractivity contribution is 7.16. The minimum Gasteiger partial charge on any atom is -0.311 e. The molecule has 282 valence electrons. The van der Waals surface area contributed by atoms with Crippen molar-refractivity contribution in [3.63, 3.8) is 0 Å². The van der Waals surface area contributed by atoms with Gasteiger partial charge in [-0.3, -0.25) is 0 Å². The molecule has 0 unspecified atom stereocenters. The molecular formula is C55H43N3Si. The molecule has 8 aromatic carbocycles. The topological polar surface area (TPSA) is 9.72 Å². The third-order valence-corrected chi connectivity index (χ3v) is 19.1. The highest BCUT2D eigenvalue weighted by Gasteiger charge is 2.60. The van der Waals surface area contributed by atoms with Gasteiger partial charge >= 0.3 is 0 Å². The Morgan fingerprint density at radius 3 is 1.15 bits per heavy atom. The van der Waals surface area contributed by atoms with Crippen molar-refractivity contribution in [2.75, 3.05) is 14.7 Å². The van der Waals surface area contributed by atoms with Gasteiger partial charge in [0, 0.05) is 50.6 Å². The molecular weight excluding hydrogens is 731 g/mol. The Kier molecular flexibility index (Phi) is 6.28. The highest BCUT2D eigenvalue weighted by Crippen LogP contribution is 2.63. The smallest absolute Gasteiger partial charge is 0.161 e. The summed E-state index contributed by atoms with van der Waals surface area (Å²) in [5.74, 6) is 0. The fraction of sp³-hybridized carbons (Fsp3) is 0.127. The zero-order chi connectivity index (χ0) is 39.6. The molecule has 0 spiro atoms. The van der Waals surface area contributed by atoms with Gasteiger partial charge in [-0.1, -0.05) is 143 Å². The van der Waals surface area contributed by atoms with Crippen LogP contribution < -0.4 is 30.3 Å². The third-order valence-electron chi connectivity index (χ3n) is 14.6. The molecule has 8 aromatic rings. The average Bonchev–Trinajstić information content (AvgIpc) is 3.64. The molecule has 59 heavy (non-hydrogen) atoms. The van der Waals surface area contributed by atoms with Gasteiger partial charge in [0.05, 0.1) is 11.4 Å². The predicted octanol–water partition coefficient (Wildman–Crippen LogP) is 12.7. The fourth-order valence-corrected chi connectivity index (χ4v) is 17.3. The van der Waals surface area contributed by atoms with Crippen LogP contribution in [0.1, 0.15) is 49.9 Å². The van der Waals surface area contributed by atoms with Gasteiger partial charge in [-0.25, -0.2) is 0 Å². The summed E-state index contributed by atoms with van der Waals surface area (Å²) in [5, 5.41) is 4.52. The van der Waals surface area contributed by atoms with E-state index in [-0.39, 0.29) is 10.8 Å². The maximum atomic E-state index is 2.76. The van der Waals surface area contributed by atoms with Crippen LogP contribution >= 0.6 is 0 Å². The van der Waals surface area contributed by atoms with Crippen LogP contribution in [0.25, 0.3) is 22.3 Å². The van der Waals surface area contributed by atoms with E-state index in [4.69, 9.17) is 0 Å². The summed E-state index contributed by atoms with van der Waals surface area (Å²) in [6, 6.07) is 64.2. The molecule has 3 aliphatic heterocycles. The summed E-state index contributed by atoms with van der Waals surface area (Å²) >= 11 is 0. The molecule has 0 bridgehead atoms. The average molecular weight is 774 g/mol. The zero-order valence-electron chi connectivity index (χ0n) is 34.0. The van der Waals surface area contributed by atoms with Crippen LogP contribution in [0.5, 0.6) is 0 Å². The molecule has 0 saturated carbocycles. The van der Waals surface area contributed by atoms with E-state index in [9.17, 15) is 0 Å². The lowest BCUT2D eigenvalue weighted by molar-refractivity contribution is 0.656. The van der Waals surface area contributed by atoms with E-state index in [1.165, 1.54) is 111 Å². The van der Waals surface area contributed by atoms with Crippen molar-refractivity contribution in [1.82, 2.24) is 0 Å². The first-order valence-electron chi connectivity index (χ1n) is 21.0. The molecule has 0 aromatic heterocycles. The maximum Gasteiger partial charge on any atom is 0.161 e. The first-order chi connectivity index (χ1) is 28.7. The minimum absolute atomic E-state index is 0.243. The Labute approximate surface area is 347 Å². The van der Waals surface area contributed by atoms with Crippen LogP contribution in [0.3, 0.4) is 0 Å². The third kappa shape index (κ3) is 3.89. The molecule has 2 aliphatic carbocycles. The van der Waals surface area contributed by atoms with Gasteiger partial charge in [0.25, 0.3) is 0 Å². The normalized spacial score (nSPS) is 16.9. The highest BCUT2D eigenvalue weighted by atomic mass is 28.3. The molecule has 0 amide bonds.